The topological polar surface area (TPSA) is 63.7 Å². The van der Waals surface area contributed by atoms with Crippen LogP contribution in [0.1, 0.15) is 67.3 Å². The van der Waals surface area contributed by atoms with E-state index >= 15 is 4.79 Å². The molecule has 1 saturated heterocycles. The number of halogens is 1. The second-order valence-corrected chi connectivity index (χ2v) is 12.9. The molecule has 2 aromatic carbocycles. The number of fused-ring (bicyclic) bond motifs is 1. The largest absolute Gasteiger partial charge is 0.462 e. The molecular formula is C35H36FNO4. The van der Waals surface area contributed by atoms with E-state index in [0.29, 0.717) is 28.9 Å². The zero-order valence-electron chi connectivity index (χ0n) is 23.4. The van der Waals surface area contributed by atoms with Crippen molar-refractivity contribution in [2.24, 2.45) is 29.1 Å². The quantitative estimate of drug-likeness (QED) is 0.299. The first kappa shape index (κ1) is 26.4. The molecule has 5 nitrogen and oxygen atoms in total. The molecule has 41 heavy (non-hydrogen) atoms. The molecule has 0 spiro atoms. The number of nitrogens with zero attached hydrogens (tertiary/aromatic N) is 1. The van der Waals surface area contributed by atoms with Crippen LogP contribution < -0.4 is 0 Å². The molecule has 8 rings (SSSR count). The maximum Gasteiger partial charge on any atom is 0.339 e. The van der Waals surface area contributed by atoms with Crippen LogP contribution >= 0.6 is 0 Å². The van der Waals surface area contributed by atoms with Crippen molar-refractivity contribution in [3.8, 4) is 0 Å². The van der Waals surface area contributed by atoms with Gasteiger partial charge >= 0.3 is 5.97 Å². The van der Waals surface area contributed by atoms with Crippen LogP contribution in [0.15, 0.2) is 78.5 Å². The Bertz CT molecular complexity index is 1390. The summed E-state index contributed by atoms with van der Waals surface area (Å²) in [6.45, 7) is 2.00. The van der Waals surface area contributed by atoms with E-state index in [1.165, 1.54) is 43.5 Å². The highest BCUT2D eigenvalue weighted by molar-refractivity contribution is 6.03. The van der Waals surface area contributed by atoms with Crippen LogP contribution in [-0.2, 0) is 14.3 Å². The number of ether oxygens (including phenoxy) is 1. The summed E-state index contributed by atoms with van der Waals surface area (Å²) in [5.74, 6) is 0.228. The molecule has 2 aliphatic heterocycles. The third-order valence-electron chi connectivity index (χ3n) is 10.5. The minimum absolute atomic E-state index is 0.181. The van der Waals surface area contributed by atoms with Crippen molar-refractivity contribution in [2.45, 2.75) is 63.5 Å². The van der Waals surface area contributed by atoms with Gasteiger partial charge in [0, 0.05) is 23.1 Å². The van der Waals surface area contributed by atoms with Gasteiger partial charge in [0.25, 0.3) is 0 Å². The highest BCUT2D eigenvalue weighted by atomic mass is 19.1. The van der Waals surface area contributed by atoms with Crippen molar-refractivity contribution in [2.75, 3.05) is 6.61 Å². The van der Waals surface area contributed by atoms with Crippen LogP contribution in [0.5, 0.6) is 0 Å². The average molecular weight is 554 g/mol. The molecule has 0 unspecified atom stereocenters. The van der Waals surface area contributed by atoms with Crippen LogP contribution in [0.4, 0.5) is 4.39 Å². The summed E-state index contributed by atoms with van der Waals surface area (Å²) < 4.78 is 19.1. The summed E-state index contributed by atoms with van der Waals surface area (Å²) in [5, 5.41) is 0. The van der Waals surface area contributed by atoms with E-state index < -0.39 is 29.7 Å². The second kappa shape index (κ2) is 10.1. The van der Waals surface area contributed by atoms with E-state index in [2.05, 4.69) is 0 Å². The van der Waals surface area contributed by atoms with Gasteiger partial charge in [-0.3, -0.25) is 9.59 Å². The van der Waals surface area contributed by atoms with E-state index in [-0.39, 0.29) is 29.6 Å². The van der Waals surface area contributed by atoms with Crippen LogP contribution in [0.2, 0.25) is 0 Å². The summed E-state index contributed by atoms with van der Waals surface area (Å²) in [6.07, 6.45) is 12.0. The molecule has 212 valence electrons. The molecule has 5 fully saturated rings. The van der Waals surface area contributed by atoms with Gasteiger partial charge in [0.15, 0.2) is 5.78 Å². The first-order chi connectivity index (χ1) is 19.9. The van der Waals surface area contributed by atoms with Gasteiger partial charge in [-0.25, -0.2) is 9.18 Å². The van der Waals surface area contributed by atoms with E-state index in [0.717, 1.165) is 24.8 Å². The fourth-order valence-electron chi connectivity index (χ4n) is 9.32. The average Bonchev–Trinajstić information content (AvgIpc) is 3.31. The number of hydrogen-bond donors (Lipinski definition) is 0. The number of esters is 1. The van der Waals surface area contributed by atoms with Gasteiger partial charge in [-0.2, -0.15) is 0 Å². The predicted octanol–water partition coefficient (Wildman–Crippen LogP) is 6.26. The molecule has 4 bridgehead atoms. The monoisotopic (exact) mass is 553 g/mol. The maximum atomic E-state index is 15.1. The lowest BCUT2D eigenvalue weighted by Crippen LogP contribution is -2.53. The fourth-order valence-corrected chi connectivity index (χ4v) is 9.32. The fraction of sp³-hybridized carbons (Fsp3) is 0.457. The molecule has 0 amide bonds. The number of rotatable bonds is 7. The standard InChI is InChI=1S/C35H36FNO4/c1-2-41-34(40)26-10-13-28-30(33(39)35-17-21-14-22(18-35)16-23(15-21)19-35)29(24-6-4-3-5-7-24)31(37(28)20-26)32(38)25-8-11-27(36)12-9-25/h3-13,20-23,28-31H,2,14-19H2,1H3/t21?,22?,23?,28-,29-,30+,31-,35?/m1/s1. The SMILES string of the molecule is CCOC(=O)C1=CN2[C@H](C=C1)[C@H](C(=O)C13CC4CC(CC(C4)C1)C3)[C@@H](c1ccccc1)[C@@H]2C(=O)c1ccc(F)cc1. The zero-order valence-corrected chi connectivity index (χ0v) is 23.4. The summed E-state index contributed by atoms with van der Waals surface area (Å²) in [6, 6.07) is 14.4. The van der Waals surface area contributed by atoms with E-state index in [1.54, 1.807) is 19.2 Å². The maximum absolute atomic E-state index is 15.1. The zero-order chi connectivity index (χ0) is 28.3. The van der Waals surface area contributed by atoms with Gasteiger partial charge < -0.3 is 9.64 Å². The van der Waals surface area contributed by atoms with E-state index in [1.807, 2.05) is 41.3 Å². The normalized spacial score (nSPS) is 34.7. The predicted molar refractivity (Wildman–Crippen MR) is 152 cm³/mol. The Morgan fingerprint density at radius 3 is 2.17 bits per heavy atom. The molecule has 4 aliphatic carbocycles. The number of carbonyl (C=O) groups excluding carboxylic acids is 3. The van der Waals surface area contributed by atoms with Gasteiger partial charge in [0.2, 0.25) is 0 Å². The molecule has 2 aromatic rings. The Morgan fingerprint density at radius 1 is 0.927 bits per heavy atom. The van der Waals surface area contributed by atoms with Crippen LogP contribution in [0.3, 0.4) is 0 Å². The Hall–Kier alpha value is -3.54. The summed E-state index contributed by atoms with van der Waals surface area (Å²) in [4.78, 5) is 44.2. The Morgan fingerprint density at radius 2 is 1.56 bits per heavy atom. The minimum Gasteiger partial charge on any atom is -0.462 e. The lowest BCUT2D eigenvalue weighted by atomic mass is 9.47. The molecular weight excluding hydrogens is 517 g/mol. The first-order valence-corrected chi connectivity index (χ1v) is 15.1. The van der Waals surface area contributed by atoms with Crippen molar-refractivity contribution in [1.82, 2.24) is 4.90 Å². The molecule has 2 heterocycles. The van der Waals surface area contributed by atoms with Gasteiger partial charge in [-0.15, -0.1) is 0 Å². The van der Waals surface area contributed by atoms with Crippen LogP contribution in [0.25, 0.3) is 0 Å². The van der Waals surface area contributed by atoms with Crippen molar-refractivity contribution < 1.29 is 23.5 Å². The van der Waals surface area contributed by atoms with Crippen molar-refractivity contribution in [1.29, 1.82) is 0 Å². The molecule has 6 heteroatoms. The van der Waals surface area contributed by atoms with Gasteiger partial charge in [0.1, 0.15) is 17.6 Å². The summed E-state index contributed by atoms with van der Waals surface area (Å²) >= 11 is 0. The van der Waals surface area contributed by atoms with Crippen LogP contribution in [-0.4, -0.2) is 41.1 Å². The number of benzene rings is 2. The van der Waals surface area contributed by atoms with Crippen molar-refractivity contribution in [3.05, 3.63) is 95.5 Å². The number of hydrogen-bond acceptors (Lipinski definition) is 5. The molecule has 6 aliphatic rings. The Kier molecular flexibility index (Phi) is 6.48. The van der Waals surface area contributed by atoms with Gasteiger partial charge in [-0.05, 0) is 99.1 Å². The number of carbonyl (C=O) groups is 3. The molecule has 0 aromatic heterocycles. The third-order valence-corrected chi connectivity index (χ3v) is 10.5. The molecule has 4 saturated carbocycles. The Balaban J connectivity index is 1.36. The van der Waals surface area contributed by atoms with Crippen molar-refractivity contribution in [3.63, 3.8) is 0 Å². The molecule has 0 N–H and O–H groups in total. The lowest BCUT2D eigenvalue weighted by Gasteiger charge is -2.57. The minimum atomic E-state index is -0.731. The van der Waals surface area contributed by atoms with Crippen molar-refractivity contribution >= 4 is 17.5 Å². The molecule has 0 radical (unpaired) electrons. The van der Waals surface area contributed by atoms with E-state index in [4.69, 9.17) is 4.74 Å². The summed E-state index contributed by atoms with van der Waals surface area (Å²) in [5.41, 5.74) is 1.34. The number of Topliss-reactive ketones (excluding diaryl/α,β-unsaturated/α-hetero) is 2. The lowest BCUT2D eigenvalue weighted by molar-refractivity contribution is -0.148. The van der Waals surface area contributed by atoms with Crippen LogP contribution in [0, 0.1) is 34.9 Å². The number of ketones is 2. The first-order valence-electron chi connectivity index (χ1n) is 15.1. The van der Waals surface area contributed by atoms with Gasteiger partial charge in [0.05, 0.1) is 24.1 Å². The smallest absolute Gasteiger partial charge is 0.339 e. The highest BCUT2D eigenvalue weighted by Crippen LogP contribution is 2.62. The summed E-state index contributed by atoms with van der Waals surface area (Å²) in [7, 11) is 0. The van der Waals surface area contributed by atoms with Gasteiger partial charge in [-0.1, -0.05) is 36.4 Å². The Labute approximate surface area is 240 Å². The second-order valence-electron chi connectivity index (χ2n) is 12.9. The van der Waals surface area contributed by atoms with E-state index in [9.17, 15) is 14.0 Å². The molecule has 4 atom stereocenters. The third kappa shape index (κ3) is 4.38. The highest BCUT2D eigenvalue weighted by Gasteiger charge is 2.61.